The van der Waals surface area contributed by atoms with Crippen molar-refractivity contribution >= 4 is 77.3 Å². The molecule has 57 heavy (non-hydrogen) atoms. The van der Waals surface area contributed by atoms with Gasteiger partial charge in [0, 0.05) is 11.1 Å². The van der Waals surface area contributed by atoms with Crippen LogP contribution in [-0.4, -0.2) is 35.2 Å². The number of ether oxygens (including phenoxy) is 4. The molecule has 0 radical (unpaired) electrons. The summed E-state index contributed by atoms with van der Waals surface area (Å²) in [4.78, 5) is 2.06. The molecule has 4 rings (SSSR count). The van der Waals surface area contributed by atoms with E-state index in [4.69, 9.17) is 27.7 Å². The van der Waals surface area contributed by atoms with Gasteiger partial charge in [0.1, 0.15) is 18.6 Å². The number of thiophene rings is 2. The molecule has 0 aliphatic carbocycles. The van der Waals surface area contributed by atoms with Gasteiger partial charge in [-0.15, -0.1) is 22.7 Å². The molecule has 3 heterocycles. The molecule has 4 unspecified atom stereocenters. The molecule has 0 saturated carbocycles. The van der Waals surface area contributed by atoms with Crippen molar-refractivity contribution < 1.29 is 18.9 Å². The van der Waals surface area contributed by atoms with Crippen LogP contribution in [0.2, 0.25) is 0 Å². The van der Waals surface area contributed by atoms with Crippen LogP contribution in [0, 0.1) is 23.7 Å². The molecule has 320 valence electrons. The van der Waals surface area contributed by atoms with E-state index in [9.17, 15) is 0 Å². The second-order valence-electron chi connectivity index (χ2n) is 15.8. The minimum absolute atomic E-state index is 0.487. The molecule has 11 heteroatoms. The van der Waals surface area contributed by atoms with E-state index < -0.39 is 0 Å². The fraction of sp³-hybridized carbons (Fsp3) is 0.696. The average Bonchev–Trinajstić information content (AvgIpc) is 3.93. The van der Waals surface area contributed by atoms with Gasteiger partial charge in [-0.25, -0.2) is 0 Å². The van der Waals surface area contributed by atoms with Crippen molar-refractivity contribution in [3.8, 4) is 43.9 Å². The zero-order chi connectivity index (χ0) is 41.2. The Morgan fingerprint density at radius 2 is 0.772 bits per heavy atom. The highest BCUT2D eigenvalue weighted by atomic mass is 79.9. The molecule has 0 fully saturated rings. The molecular formula is C46H70Br2N2O4S3. The van der Waals surface area contributed by atoms with Crippen LogP contribution in [0.3, 0.4) is 0 Å². The number of hydrogen-bond donors (Lipinski definition) is 0. The first kappa shape index (κ1) is 48.3. The summed E-state index contributed by atoms with van der Waals surface area (Å²) in [5.41, 5.74) is 3.76. The number of aromatic nitrogens is 2. The third-order valence-corrected chi connectivity index (χ3v) is 15.7. The number of benzene rings is 1. The molecule has 3 aromatic heterocycles. The van der Waals surface area contributed by atoms with E-state index in [1.165, 1.54) is 75.9 Å². The van der Waals surface area contributed by atoms with Crippen molar-refractivity contribution in [1.82, 2.24) is 8.75 Å². The van der Waals surface area contributed by atoms with Crippen LogP contribution in [-0.2, 0) is 0 Å². The first-order valence-electron chi connectivity index (χ1n) is 22.2. The van der Waals surface area contributed by atoms with Crippen LogP contribution in [0.5, 0.6) is 23.0 Å². The molecule has 0 saturated heterocycles. The Morgan fingerprint density at radius 3 is 1.05 bits per heavy atom. The summed E-state index contributed by atoms with van der Waals surface area (Å²) in [6.07, 6.45) is 18.7. The molecule has 0 amide bonds. The summed E-state index contributed by atoms with van der Waals surface area (Å²) < 4.78 is 39.0. The Balaban J connectivity index is 1.79. The quantitative estimate of drug-likeness (QED) is 0.0519. The summed E-state index contributed by atoms with van der Waals surface area (Å²) in [7, 11) is 0. The SMILES string of the molecule is CCCCC(CC)COc1c(Br)sc(-c2ccc(-c3sc(Br)c(OCC(CC)CCCC)c3OCC(CC)CCCC)c3nsnc23)c1OCC(CC)CCCC. The number of hydrogen-bond acceptors (Lipinski definition) is 9. The van der Waals surface area contributed by atoms with Gasteiger partial charge in [-0.1, -0.05) is 145 Å². The van der Waals surface area contributed by atoms with Gasteiger partial charge in [0.2, 0.25) is 0 Å². The van der Waals surface area contributed by atoms with Gasteiger partial charge in [-0.3, -0.25) is 0 Å². The first-order chi connectivity index (χ1) is 27.8. The smallest absolute Gasteiger partial charge is 0.187 e. The number of rotatable bonds is 30. The lowest BCUT2D eigenvalue weighted by atomic mass is 10.0. The molecule has 4 aromatic rings. The van der Waals surface area contributed by atoms with Gasteiger partial charge in [0.05, 0.1) is 47.9 Å². The maximum absolute atomic E-state index is 6.86. The van der Waals surface area contributed by atoms with Gasteiger partial charge in [-0.2, -0.15) is 8.75 Å². The third kappa shape index (κ3) is 13.5. The highest BCUT2D eigenvalue weighted by Gasteiger charge is 2.29. The maximum atomic E-state index is 6.86. The number of unbranched alkanes of at least 4 members (excludes halogenated alkanes) is 4. The highest BCUT2D eigenvalue weighted by molar-refractivity contribution is 9.11. The number of fused-ring (bicyclic) bond motifs is 1. The minimum atomic E-state index is 0.487. The summed E-state index contributed by atoms with van der Waals surface area (Å²) in [6, 6.07) is 4.40. The predicted octanol–water partition coefficient (Wildman–Crippen LogP) is 17.1. The molecule has 0 aliphatic heterocycles. The molecule has 0 spiro atoms. The van der Waals surface area contributed by atoms with E-state index in [0.29, 0.717) is 50.1 Å². The fourth-order valence-corrected chi connectivity index (χ4v) is 11.3. The first-order valence-corrected chi connectivity index (χ1v) is 26.1. The molecule has 0 aliphatic rings. The molecule has 1 aromatic carbocycles. The van der Waals surface area contributed by atoms with Gasteiger partial charge in [-0.05, 0) is 81.2 Å². The van der Waals surface area contributed by atoms with Crippen molar-refractivity contribution in [3.63, 3.8) is 0 Å². The van der Waals surface area contributed by atoms with Gasteiger partial charge in [0.25, 0.3) is 0 Å². The van der Waals surface area contributed by atoms with Gasteiger partial charge < -0.3 is 18.9 Å². The summed E-state index contributed by atoms with van der Waals surface area (Å²) in [6.45, 7) is 20.8. The topological polar surface area (TPSA) is 62.7 Å². The Bertz CT molecular complexity index is 1620. The monoisotopic (exact) mass is 968 g/mol. The second kappa shape index (κ2) is 26.0. The van der Waals surface area contributed by atoms with Crippen LogP contribution in [0.1, 0.15) is 158 Å². The normalized spacial score (nSPS) is 13.9. The largest absolute Gasteiger partial charge is 0.488 e. The van der Waals surface area contributed by atoms with E-state index in [-0.39, 0.29) is 0 Å². The average molecular weight is 971 g/mol. The summed E-state index contributed by atoms with van der Waals surface area (Å²) in [5, 5.41) is 0. The van der Waals surface area contributed by atoms with Crippen LogP contribution in [0.4, 0.5) is 0 Å². The van der Waals surface area contributed by atoms with E-state index >= 15 is 0 Å². The molecule has 6 nitrogen and oxygen atoms in total. The van der Waals surface area contributed by atoms with Gasteiger partial charge in [0.15, 0.2) is 23.0 Å². The predicted molar refractivity (Wildman–Crippen MR) is 255 cm³/mol. The van der Waals surface area contributed by atoms with Crippen molar-refractivity contribution in [2.75, 3.05) is 26.4 Å². The van der Waals surface area contributed by atoms with Crippen molar-refractivity contribution in [1.29, 1.82) is 0 Å². The Labute approximate surface area is 374 Å². The summed E-state index contributed by atoms with van der Waals surface area (Å²) >= 11 is 12.4. The van der Waals surface area contributed by atoms with E-state index in [2.05, 4.69) is 99.4 Å². The van der Waals surface area contributed by atoms with Crippen molar-refractivity contribution in [3.05, 3.63) is 19.7 Å². The number of halogens is 2. The van der Waals surface area contributed by atoms with E-state index in [0.717, 1.165) is 101 Å². The molecular weight excluding hydrogens is 901 g/mol. The van der Waals surface area contributed by atoms with Crippen LogP contribution in [0.25, 0.3) is 31.9 Å². The van der Waals surface area contributed by atoms with Crippen molar-refractivity contribution in [2.24, 2.45) is 23.7 Å². The lowest BCUT2D eigenvalue weighted by Gasteiger charge is -2.20. The number of nitrogens with zero attached hydrogens (tertiary/aromatic N) is 2. The Morgan fingerprint density at radius 1 is 0.474 bits per heavy atom. The van der Waals surface area contributed by atoms with Crippen molar-refractivity contribution in [2.45, 2.75) is 158 Å². The highest BCUT2D eigenvalue weighted by Crippen LogP contribution is 2.55. The Kier molecular flexibility index (Phi) is 22.1. The van der Waals surface area contributed by atoms with E-state index in [1.807, 2.05) is 0 Å². The van der Waals surface area contributed by atoms with Crippen LogP contribution in [0.15, 0.2) is 19.7 Å². The standard InChI is InChI=1S/C46H70Br2N2O4S3/c1-9-17-21-31(13-5)27-51-39-41(53-29-33(15-7)23-19-11-3)45(47)55-43(39)35-25-26-36(38-37(35)49-57-50-38)44-40(52-28-32(14-6)22-18-10-2)42(46(48)56-44)54-30-34(16-8)24-20-12-4/h25-26,31-34H,9-24,27-30H2,1-8H3. The molecule has 4 atom stereocenters. The summed E-state index contributed by atoms with van der Waals surface area (Å²) in [5.74, 6) is 5.25. The van der Waals surface area contributed by atoms with Crippen LogP contribution >= 0.6 is 66.3 Å². The lowest BCUT2D eigenvalue weighted by Crippen LogP contribution is -2.14. The van der Waals surface area contributed by atoms with Gasteiger partial charge >= 0.3 is 0 Å². The Hall–Kier alpha value is -1.40. The fourth-order valence-electron chi connectivity index (χ4n) is 7.24. The zero-order valence-corrected chi connectivity index (χ0v) is 41.7. The second-order valence-corrected chi connectivity index (χ2v) is 21.0. The lowest BCUT2D eigenvalue weighted by molar-refractivity contribution is 0.200. The zero-order valence-electron chi connectivity index (χ0n) is 36.1. The molecule has 0 N–H and O–H groups in total. The molecule has 0 bridgehead atoms. The minimum Gasteiger partial charge on any atom is -0.488 e. The van der Waals surface area contributed by atoms with E-state index in [1.54, 1.807) is 22.7 Å². The third-order valence-electron chi connectivity index (χ3n) is 11.5. The maximum Gasteiger partial charge on any atom is 0.187 e. The van der Waals surface area contributed by atoms with Crippen LogP contribution < -0.4 is 18.9 Å².